The van der Waals surface area contributed by atoms with Crippen LogP contribution >= 0.6 is 0 Å². The minimum atomic E-state index is -0.443. The molecule has 2 rings (SSSR count). The van der Waals surface area contributed by atoms with Crippen LogP contribution in [0.25, 0.3) is 5.76 Å². The Kier molecular flexibility index (Phi) is 3.83. The average Bonchev–Trinajstić information content (AvgIpc) is 2.46. The van der Waals surface area contributed by atoms with E-state index < -0.39 is 4.90 Å². The number of hydrogen-bond acceptors (Lipinski definition) is 3. The molecule has 1 N–H and O–H groups in total. The Hall–Kier alpha value is -2.75. The average molecular weight is 254 g/mol. The van der Waals surface area contributed by atoms with E-state index >= 15 is 0 Å². The van der Waals surface area contributed by atoms with Crippen molar-refractivity contribution in [2.75, 3.05) is 0 Å². The van der Waals surface area contributed by atoms with Crippen molar-refractivity contribution in [1.82, 2.24) is 0 Å². The molecular weight excluding hydrogens is 242 g/mol. The highest BCUT2D eigenvalue weighted by atomic mass is 16.8. The quantitative estimate of drug-likeness (QED) is 0.501. The number of nitrogens with zero attached hydrogens (tertiary/aromatic N) is 1. The van der Waals surface area contributed by atoms with E-state index in [1.165, 1.54) is 12.2 Å². The first-order valence-electron chi connectivity index (χ1n) is 5.71. The van der Waals surface area contributed by atoms with Crippen LogP contribution in [0.1, 0.15) is 5.56 Å². The van der Waals surface area contributed by atoms with Crippen molar-refractivity contribution in [3.8, 4) is 0 Å². The summed E-state index contributed by atoms with van der Waals surface area (Å²) in [5, 5.41) is 30.9. The van der Waals surface area contributed by atoms with Crippen LogP contribution in [0.15, 0.2) is 72.4 Å². The number of rotatable bonds is 2. The van der Waals surface area contributed by atoms with Gasteiger partial charge in [-0.1, -0.05) is 36.4 Å². The van der Waals surface area contributed by atoms with Crippen LogP contribution in [-0.4, -0.2) is 15.7 Å². The summed E-state index contributed by atoms with van der Waals surface area (Å²) in [4.78, 5) is -0.443. The Bertz CT molecular complexity index is 586. The zero-order valence-corrected chi connectivity index (χ0v) is 10.1. The maximum absolute atomic E-state index is 10.5. The standard InChI is InChI=1S/C15H12NO3/c17-15(13-4-2-1-3-5-13)11-8-12-6-9-14(10-7-12)16(18)19/h1-11H,(H-,17,18,19)/q-1. The number of hydrogen-bond donors (Lipinski definition) is 1. The molecule has 0 saturated heterocycles. The Morgan fingerprint density at radius 3 is 2.21 bits per heavy atom. The number of benzene rings is 1. The minimum Gasteiger partial charge on any atom is -0.612 e. The van der Waals surface area contributed by atoms with Crippen molar-refractivity contribution in [2.45, 2.75) is 0 Å². The van der Waals surface area contributed by atoms with Crippen LogP contribution in [-0.2, 0) is 0 Å². The fourth-order valence-corrected chi connectivity index (χ4v) is 1.59. The topological polar surface area (TPSA) is 69.4 Å². The van der Waals surface area contributed by atoms with E-state index in [0.29, 0.717) is 0 Å². The number of aliphatic hydroxyl groups excluding tert-OH is 1. The molecule has 0 atom stereocenters. The predicted molar refractivity (Wildman–Crippen MR) is 75.4 cm³/mol. The second kappa shape index (κ2) is 5.73. The van der Waals surface area contributed by atoms with E-state index in [2.05, 4.69) is 0 Å². The third-order valence-electron chi connectivity index (χ3n) is 2.61. The highest BCUT2D eigenvalue weighted by Gasteiger charge is 2.02. The molecule has 1 aliphatic carbocycles. The Morgan fingerprint density at radius 2 is 1.63 bits per heavy atom. The lowest BCUT2D eigenvalue weighted by Gasteiger charge is -2.07. The fraction of sp³-hybridized carbons (Fsp3) is 0. The van der Waals surface area contributed by atoms with Gasteiger partial charge in [-0.15, -0.1) is 0 Å². The molecule has 0 aromatic heterocycles. The van der Waals surface area contributed by atoms with Crippen molar-refractivity contribution in [3.63, 3.8) is 0 Å². The van der Waals surface area contributed by atoms with E-state index in [1.807, 2.05) is 18.2 Å². The van der Waals surface area contributed by atoms with Gasteiger partial charge in [0.2, 0.25) is 5.71 Å². The van der Waals surface area contributed by atoms with Gasteiger partial charge in [0.1, 0.15) is 5.76 Å². The second-order valence-corrected chi connectivity index (χ2v) is 3.93. The summed E-state index contributed by atoms with van der Waals surface area (Å²) in [6, 6.07) is 9.15. The molecule has 1 aromatic rings. The third kappa shape index (κ3) is 3.35. The van der Waals surface area contributed by atoms with Crippen LogP contribution in [0.2, 0.25) is 0 Å². The first-order chi connectivity index (χ1) is 9.16. The molecule has 0 spiro atoms. The molecule has 0 heterocycles. The van der Waals surface area contributed by atoms with Gasteiger partial charge < -0.3 is 15.5 Å². The van der Waals surface area contributed by atoms with E-state index in [1.54, 1.807) is 36.4 Å². The van der Waals surface area contributed by atoms with Crippen LogP contribution in [0.5, 0.6) is 0 Å². The molecule has 0 aliphatic heterocycles. The maximum atomic E-state index is 10.5. The van der Waals surface area contributed by atoms with Gasteiger partial charge in [0, 0.05) is 17.7 Å². The van der Waals surface area contributed by atoms with Gasteiger partial charge in [0.15, 0.2) is 0 Å². The smallest absolute Gasteiger partial charge is 0.222 e. The predicted octanol–water partition coefficient (Wildman–Crippen LogP) is 3.09. The molecular formula is C15H12NO3-. The first-order valence-corrected chi connectivity index (χ1v) is 5.71. The van der Waals surface area contributed by atoms with E-state index in [9.17, 15) is 15.5 Å². The molecule has 96 valence electrons. The van der Waals surface area contributed by atoms with Crippen LogP contribution in [0.4, 0.5) is 0 Å². The lowest BCUT2D eigenvalue weighted by molar-refractivity contribution is -0.377. The molecule has 1 aromatic carbocycles. The van der Waals surface area contributed by atoms with Gasteiger partial charge in [0.25, 0.3) is 0 Å². The largest absolute Gasteiger partial charge is 0.612 e. The summed E-state index contributed by atoms with van der Waals surface area (Å²) < 4.78 is 0. The van der Waals surface area contributed by atoms with Gasteiger partial charge in [-0.2, -0.15) is 4.90 Å². The SMILES string of the molecule is [O-][N+]([O-])=C1C=CC(=CC=C(O)c2ccccc2)C=C1. The van der Waals surface area contributed by atoms with Crippen molar-refractivity contribution < 1.29 is 10.0 Å². The summed E-state index contributed by atoms with van der Waals surface area (Å²) in [6.45, 7) is 0. The third-order valence-corrected chi connectivity index (χ3v) is 2.61. The summed E-state index contributed by atoms with van der Waals surface area (Å²) in [5.41, 5.74) is 1.56. The molecule has 1 aliphatic rings. The molecule has 0 unspecified atom stereocenters. The number of allylic oxidation sites excluding steroid dienone is 7. The van der Waals surface area contributed by atoms with E-state index in [4.69, 9.17) is 0 Å². The van der Waals surface area contributed by atoms with Crippen LogP contribution < -0.4 is 0 Å². The highest BCUT2D eigenvalue weighted by Crippen LogP contribution is 2.13. The zero-order valence-electron chi connectivity index (χ0n) is 10.1. The normalized spacial score (nSPS) is 14.6. The monoisotopic (exact) mass is 254 g/mol. The van der Waals surface area contributed by atoms with Crippen molar-refractivity contribution in [3.05, 3.63) is 88.3 Å². The lowest BCUT2D eigenvalue weighted by Crippen LogP contribution is -2.06. The van der Waals surface area contributed by atoms with Crippen molar-refractivity contribution >= 4 is 11.5 Å². The van der Waals surface area contributed by atoms with E-state index in [-0.39, 0.29) is 11.5 Å². The Morgan fingerprint density at radius 1 is 1.00 bits per heavy atom. The van der Waals surface area contributed by atoms with Gasteiger partial charge in [0.05, 0.1) is 0 Å². The second-order valence-electron chi connectivity index (χ2n) is 3.93. The molecule has 0 bridgehead atoms. The fourth-order valence-electron chi connectivity index (χ4n) is 1.59. The Balaban J connectivity index is 2.15. The van der Waals surface area contributed by atoms with Gasteiger partial charge >= 0.3 is 0 Å². The Labute approximate surface area is 110 Å². The summed E-state index contributed by atoms with van der Waals surface area (Å²) >= 11 is 0. The maximum Gasteiger partial charge on any atom is 0.222 e. The number of aliphatic hydroxyl groups is 1. The molecule has 4 nitrogen and oxygen atoms in total. The summed E-state index contributed by atoms with van der Waals surface area (Å²) in [5.74, 6) is 0.152. The molecule has 0 amide bonds. The summed E-state index contributed by atoms with van der Waals surface area (Å²) in [7, 11) is 0. The molecule has 0 saturated carbocycles. The van der Waals surface area contributed by atoms with Crippen LogP contribution in [0.3, 0.4) is 0 Å². The summed E-state index contributed by atoms with van der Waals surface area (Å²) in [6.07, 6.45) is 9.39. The highest BCUT2D eigenvalue weighted by molar-refractivity contribution is 6.02. The lowest BCUT2D eigenvalue weighted by atomic mass is 10.1. The van der Waals surface area contributed by atoms with Crippen molar-refractivity contribution in [2.24, 2.45) is 0 Å². The van der Waals surface area contributed by atoms with Gasteiger partial charge in [-0.25, -0.2) is 0 Å². The van der Waals surface area contributed by atoms with Gasteiger partial charge in [-0.3, -0.25) is 0 Å². The first kappa shape index (κ1) is 12.7. The van der Waals surface area contributed by atoms with Crippen LogP contribution in [0, 0.1) is 10.4 Å². The van der Waals surface area contributed by atoms with Gasteiger partial charge in [-0.05, 0) is 23.8 Å². The minimum absolute atomic E-state index is 0.0495. The molecule has 0 fully saturated rings. The zero-order chi connectivity index (χ0) is 13.7. The molecule has 19 heavy (non-hydrogen) atoms. The molecule has 0 radical (unpaired) electrons. The van der Waals surface area contributed by atoms with Crippen molar-refractivity contribution in [1.29, 1.82) is 0 Å². The van der Waals surface area contributed by atoms with E-state index in [0.717, 1.165) is 11.1 Å². The molecule has 4 heteroatoms.